The summed E-state index contributed by atoms with van der Waals surface area (Å²) in [6.07, 6.45) is 6.62. The summed E-state index contributed by atoms with van der Waals surface area (Å²) in [7, 11) is 0. The summed E-state index contributed by atoms with van der Waals surface area (Å²) in [6.45, 7) is 5.29. The first-order valence-corrected chi connectivity index (χ1v) is 7.95. The maximum Gasteiger partial charge on any atom is 0.123 e. The number of piperidine rings is 1. The topological polar surface area (TPSA) is 15.3 Å². The van der Waals surface area contributed by atoms with Crippen LogP contribution in [0, 0.1) is 12.7 Å². The number of hydrogen-bond donors (Lipinski definition) is 1. The van der Waals surface area contributed by atoms with E-state index in [1.165, 1.54) is 44.2 Å². The molecule has 1 aromatic carbocycles. The van der Waals surface area contributed by atoms with Gasteiger partial charge in [0.15, 0.2) is 0 Å². The minimum Gasteiger partial charge on any atom is -0.313 e. The number of benzene rings is 1. The van der Waals surface area contributed by atoms with Crippen LogP contribution in [0.15, 0.2) is 18.2 Å². The summed E-state index contributed by atoms with van der Waals surface area (Å²) in [6, 6.07) is 6.59. The van der Waals surface area contributed by atoms with Crippen LogP contribution in [0.25, 0.3) is 0 Å². The van der Waals surface area contributed by atoms with Crippen molar-refractivity contribution in [2.24, 2.45) is 0 Å². The molecule has 2 fully saturated rings. The fourth-order valence-corrected chi connectivity index (χ4v) is 3.20. The molecule has 0 bridgehead atoms. The second kappa shape index (κ2) is 6.23. The summed E-state index contributed by atoms with van der Waals surface area (Å²) < 4.78 is 13.2. The molecular weight excluding hydrogens is 251 g/mol. The van der Waals surface area contributed by atoms with E-state index < -0.39 is 0 Å². The van der Waals surface area contributed by atoms with Crippen LogP contribution >= 0.6 is 0 Å². The van der Waals surface area contributed by atoms with E-state index in [4.69, 9.17) is 0 Å². The molecule has 1 heterocycles. The molecule has 2 nitrogen and oxygen atoms in total. The van der Waals surface area contributed by atoms with Crippen molar-refractivity contribution in [2.45, 2.75) is 57.7 Å². The van der Waals surface area contributed by atoms with Gasteiger partial charge in [-0.25, -0.2) is 4.39 Å². The zero-order valence-corrected chi connectivity index (χ0v) is 12.4. The summed E-state index contributed by atoms with van der Waals surface area (Å²) in [5.74, 6) is -0.127. The lowest BCUT2D eigenvalue weighted by atomic mass is 10.0. The van der Waals surface area contributed by atoms with E-state index >= 15 is 0 Å². The van der Waals surface area contributed by atoms with Crippen LogP contribution in [0.1, 0.15) is 43.2 Å². The Balaban J connectivity index is 1.64. The Morgan fingerprint density at radius 1 is 1.25 bits per heavy atom. The Labute approximate surface area is 121 Å². The van der Waals surface area contributed by atoms with E-state index in [0.717, 1.165) is 24.7 Å². The molecular formula is C17H25FN2. The SMILES string of the molecule is Cc1cc(F)ccc1CN(CC1CCCCN1)C1CC1. The predicted molar refractivity (Wildman–Crippen MR) is 80.2 cm³/mol. The molecule has 3 heteroatoms. The van der Waals surface area contributed by atoms with Gasteiger partial charge in [0.2, 0.25) is 0 Å². The van der Waals surface area contributed by atoms with Gasteiger partial charge in [0.05, 0.1) is 0 Å². The van der Waals surface area contributed by atoms with Gasteiger partial charge in [0.25, 0.3) is 0 Å². The number of aryl methyl sites for hydroxylation is 1. The van der Waals surface area contributed by atoms with E-state index in [-0.39, 0.29) is 5.82 Å². The first-order chi connectivity index (χ1) is 9.72. The van der Waals surface area contributed by atoms with Gasteiger partial charge in [0, 0.05) is 25.2 Å². The highest BCUT2D eigenvalue weighted by Crippen LogP contribution is 2.29. The van der Waals surface area contributed by atoms with Gasteiger partial charge in [0.1, 0.15) is 5.82 Å². The highest BCUT2D eigenvalue weighted by Gasteiger charge is 2.31. The number of nitrogens with one attached hydrogen (secondary N) is 1. The molecule has 0 radical (unpaired) electrons. The van der Waals surface area contributed by atoms with E-state index in [2.05, 4.69) is 10.2 Å². The highest BCUT2D eigenvalue weighted by molar-refractivity contribution is 5.26. The molecule has 2 aliphatic rings. The maximum atomic E-state index is 13.2. The largest absolute Gasteiger partial charge is 0.313 e. The molecule has 1 saturated carbocycles. The summed E-state index contributed by atoms with van der Waals surface area (Å²) >= 11 is 0. The molecule has 0 amide bonds. The minimum atomic E-state index is -0.127. The monoisotopic (exact) mass is 276 g/mol. The first-order valence-electron chi connectivity index (χ1n) is 7.95. The molecule has 3 rings (SSSR count). The standard InChI is InChI=1S/C17H25FN2/c1-13-10-15(18)6-5-14(13)11-20(17-7-8-17)12-16-4-2-3-9-19-16/h5-6,10,16-17,19H,2-4,7-9,11-12H2,1H3. The van der Waals surface area contributed by atoms with E-state index in [1.54, 1.807) is 12.1 Å². The van der Waals surface area contributed by atoms with Crippen LogP contribution in [0.5, 0.6) is 0 Å². The van der Waals surface area contributed by atoms with Crippen molar-refractivity contribution in [2.75, 3.05) is 13.1 Å². The van der Waals surface area contributed by atoms with Crippen molar-refractivity contribution in [1.29, 1.82) is 0 Å². The third-order valence-electron chi connectivity index (χ3n) is 4.61. The third-order valence-corrected chi connectivity index (χ3v) is 4.61. The van der Waals surface area contributed by atoms with Crippen LogP contribution in [-0.4, -0.2) is 30.1 Å². The van der Waals surface area contributed by atoms with Crippen molar-refractivity contribution in [3.63, 3.8) is 0 Å². The van der Waals surface area contributed by atoms with Gasteiger partial charge in [-0.15, -0.1) is 0 Å². The van der Waals surface area contributed by atoms with Crippen molar-refractivity contribution in [1.82, 2.24) is 10.2 Å². The fourth-order valence-electron chi connectivity index (χ4n) is 3.20. The van der Waals surface area contributed by atoms with Crippen molar-refractivity contribution < 1.29 is 4.39 Å². The van der Waals surface area contributed by atoms with Gasteiger partial charge < -0.3 is 5.32 Å². The predicted octanol–water partition coefficient (Wildman–Crippen LogP) is 3.24. The molecule has 0 aromatic heterocycles. The van der Waals surface area contributed by atoms with Crippen LogP contribution in [0.4, 0.5) is 4.39 Å². The second-order valence-electron chi connectivity index (χ2n) is 6.38. The highest BCUT2D eigenvalue weighted by atomic mass is 19.1. The number of hydrogen-bond acceptors (Lipinski definition) is 2. The van der Waals surface area contributed by atoms with Crippen LogP contribution in [0.3, 0.4) is 0 Å². The fraction of sp³-hybridized carbons (Fsp3) is 0.647. The molecule has 1 aliphatic heterocycles. The van der Waals surface area contributed by atoms with E-state index in [1.807, 2.05) is 13.0 Å². The zero-order valence-electron chi connectivity index (χ0n) is 12.4. The van der Waals surface area contributed by atoms with Gasteiger partial charge in [-0.2, -0.15) is 0 Å². The molecule has 1 N–H and O–H groups in total. The van der Waals surface area contributed by atoms with Crippen LogP contribution in [-0.2, 0) is 6.54 Å². The van der Waals surface area contributed by atoms with Gasteiger partial charge in [-0.05, 0) is 62.4 Å². The number of halogens is 1. The molecule has 1 saturated heterocycles. The minimum absolute atomic E-state index is 0.127. The molecule has 1 aliphatic carbocycles. The van der Waals surface area contributed by atoms with Gasteiger partial charge in [-0.1, -0.05) is 12.5 Å². The van der Waals surface area contributed by atoms with Gasteiger partial charge >= 0.3 is 0 Å². The average Bonchev–Trinajstić information content (AvgIpc) is 3.26. The Hall–Kier alpha value is -0.930. The Morgan fingerprint density at radius 3 is 2.75 bits per heavy atom. The van der Waals surface area contributed by atoms with Gasteiger partial charge in [-0.3, -0.25) is 4.90 Å². The van der Waals surface area contributed by atoms with E-state index in [0.29, 0.717) is 6.04 Å². The first kappa shape index (κ1) is 14.0. The quantitative estimate of drug-likeness (QED) is 0.888. The Bertz CT molecular complexity index is 450. The molecule has 0 spiro atoms. The Morgan fingerprint density at radius 2 is 2.10 bits per heavy atom. The smallest absolute Gasteiger partial charge is 0.123 e. The lowest BCUT2D eigenvalue weighted by molar-refractivity contribution is 0.208. The summed E-state index contributed by atoms with van der Waals surface area (Å²) in [5.41, 5.74) is 2.35. The zero-order chi connectivity index (χ0) is 13.9. The number of nitrogens with zero attached hydrogens (tertiary/aromatic N) is 1. The van der Waals surface area contributed by atoms with Crippen molar-refractivity contribution >= 4 is 0 Å². The lowest BCUT2D eigenvalue weighted by Crippen LogP contribution is -2.44. The summed E-state index contributed by atoms with van der Waals surface area (Å²) in [4.78, 5) is 2.60. The maximum absolute atomic E-state index is 13.2. The van der Waals surface area contributed by atoms with Crippen LogP contribution in [0.2, 0.25) is 0 Å². The normalized spacial score (nSPS) is 23.2. The second-order valence-corrected chi connectivity index (χ2v) is 6.38. The van der Waals surface area contributed by atoms with Crippen LogP contribution < -0.4 is 5.32 Å². The van der Waals surface area contributed by atoms with E-state index in [9.17, 15) is 4.39 Å². The number of rotatable bonds is 5. The lowest BCUT2D eigenvalue weighted by Gasteiger charge is -2.31. The third kappa shape index (κ3) is 3.58. The molecule has 110 valence electrons. The van der Waals surface area contributed by atoms with Crippen molar-refractivity contribution in [3.05, 3.63) is 35.1 Å². The Kier molecular flexibility index (Phi) is 4.37. The molecule has 1 aromatic rings. The molecule has 1 atom stereocenters. The molecule has 1 unspecified atom stereocenters. The molecule has 20 heavy (non-hydrogen) atoms. The summed E-state index contributed by atoms with van der Waals surface area (Å²) in [5, 5.41) is 3.64. The average molecular weight is 276 g/mol. The van der Waals surface area contributed by atoms with Crippen molar-refractivity contribution in [3.8, 4) is 0 Å².